The van der Waals surface area contributed by atoms with Crippen LogP contribution < -0.4 is 10.5 Å². The van der Waals surface area contributed by atoms with E-state index in [-0.39, 0.29) is 6.04 Å². The number of hydrogen-bond acceptors (Lipinski definition) is 3. The van der Waals surface area contributed by atoms with Gasteiger partial charge in [0.15, 0.2) is 0 Å². The molecule has 0 spiro atoms. The molecule has 2 nitrogen and oxygen atoms in total. The lowest BCUT2D eigenvalue weighted by Gasteiger charge is -2.15. The molecule has 0 heterocycles. The molecule has 0 saturated heterocycles. The lowest BCUT2D eigenvalue weighted by atomic mass is 10.1. The SMILES string of the molecule is COc1ccccc1CC(N)CSC(C)C. The van der Waals surface area contributed by atoms with Crippen LogP contribution in [-0.4, -0.2) is 24.2 Å². The van der Waals surface area contributed by atoms with E-state index in [1.165, 1.54) is 5.56 Å². The van der Waals surface area contributed by atoms with Gasteiger partial charge in [0.25, 0.3) is 0 Å². The van der Waals surface area contributed by atoms with Gasteiger partial charge in [-0.3, -0.25) is 0 Å². The topological polar surface area (TPSA) is 35.2 Å². The lowest BCUT2D eigenvalue weighted by molar-refractivity contribution is 0.408. The molecule has 1 unspecified atom stereocenters. The highest BCUT2D eigenvalue weighted by Crippen LogP contribution is 2.20. The first-order valence-corrected chi connectivity index (χ1v) is 6.67. The van der Waals surface area contributed by atoms with Crippen molar-refractivity contribution in [2.45, 2.75) is 31.6 Å². The third kappa shape index (κ3) is 4.45. The highest BCUT2D eigenvalue weighted by molar-refractivity contribution is 7.99. The molecular weight excluding hydrogens is 218 g/mol. The van der Waals surface area contributed by atoms with Crippen molar-refractivity contribution in [3.63, 3.8) is 0 Å². The minimum absolute atomic E-state index is 0.198. The van der Waals surface area contributed by atoms with Gasteiger partial charge in [-0.1, -0.05) is 32.0 Å². The monoisotopic (exact) mass is 239 g/mol. The predicted molar refractivity (Wildman–Crippen MR) is 72.3 cm³/mol. The number of benzene rings is 1. The molecule has 0 saturated carbocycles. The predicted octanol–water partition coefficient (Wildman–Crippen LogP) is 2.71. The van der Waals surface area contributed by atoms with Crippen LogP contribution in [0.1, 0.15) is 19.4 Å². The summed E-state index contributed by atoms with van der Waals surface area (Å²) in [6.07, 6.45) is 0.879. The van der Waals surface area contributed by atoms with Crippen LogP contribution >= 0.6 is 11.8 Å². The van der Waals surface area contributed by atoms with E-state index in [4.69, 9.17) is 10.5 Å². The van der Waals surface area contributed by atoms with Gasteiger partial charge < -0.3 is 10.5 Å². The molecule has 16 heavy (non-hydrogen) atoms. The Morgan fingerprint density at radius 1 is 1.31 bits per heavy atom. The Bertz CT molecular complexity index is 315. The van der Waals surface area contributed by atoms with E-state index >= 15 is 0 Å². The molecular formula is C13H21NOS. The maximum atomic E-state index is 6.10. The zero-order chi connectivity index (χ0) is 12.0. The van der Waals surface area contributed by atoms with Gasteiger partial charge >= 0.3 is 0 Å². The van der Waals surface area contributed by atoms with Gasteiger partial charge in [-0.05, 0) is 23.3 Å². The van der Waals surface area contributed by atoms with Crippen LogP contribution in [0, 0.1) is 0 Å². The van der Waals surface area contributed by atoms with Crippen LogP contribution in [0.25, 0.3) is 0 Å². The van der Waals surface area contributed by atoms with Gasteiger partial charge in [0, 0.05) is 11.8 Å². The quantitative estimate of drug-likeness (QED) is 0.829. The summed E-state index contributed by atoms with van der Waals surface area (Å²) in [4.78, 5) is 0. The maximum absolute atomic E-state index is 6.10. The second kappa shape index (κ2) is 6.81. The minimum atomic E-state index is 0.198. The zero-order valence-corrected chi connectivity index (χ0v) is 11.1. The van der Waals surface area contributed by atoms with Gasteiger partial charge in [0.05, 0.1) is 7.11 Å². The van der Waals surface area contributed by atoms with E-state index in [0.29, 0.717) is 5.25 Å². The summed E-state index contributed by atoms with van der Waals surface area (Å²) in [6.45, 7) is 4.39. The summed E-state index contributed by atoms with van der Waals surface area (Å²) >= 11 is 1.91. The molecule has 1 aromatic rings. The van der Waals surface area contributed by atoms with Crippen LogP contribution in [0.15, 0.2) is 24.3 Å². The lowest BCUT2D eigenvalue weighted by Crippen LogP contribution is -2.26. The van der Waals surface area contributed by atoms with E-state index < -0.39 is 0 Å². The smallest absolute Gasteiger partial charge is 0.122 e. The van der Waals surface area contributed by atoms with E-state index in [0.717, 1.165) is 17.9 Å². The Hall–Kier alpha value is -0.670. The summed E-state index contributed by atoms with van der Waals surface area (Å²) in [7, 11) is 1.70. The van der Waals surface area contributed by atoms with Gasteiger partial charge in [0.2, 0.25) is 0 Å². The highest BCUT2D eigenvalue weighted by atomic mass is 32.2. The van der Waals surface area contributed by atoms with Crippen LogP contribution in [0.2, 0.25) is 0 Å². The molecule has 0 aliphatic rings. The fraction of sp³-hybridized carbons (Fsp3) is 0.538. The molecule has 1 rings (SSSR count). The molecule has 0 amide bonds. The standard InChI is InChI=1S/C13H21NOS/c1-10(2)16-9-12(14)8-11-6-4-5-7-13(11)15-3/h4-7,10,12H,8-9,14H2,1-3H3. The molecule has 0 radical (unpaired) electrons. The van der Waals surface area contributed by atoms with E-state index in [1.54, 1.807) is 7.11 Å². The summed E-state index contributed by atoms with van der Waals surface area (Å²) in [5, 5.41) is 0.642. The van der Waals surface area contributed by atoms with E-state index in [2.05, 4.69) is 19.9 Å². The fourth-order valence-electron chi connectivity index (χ4n) is 1.53. The Balaban J connectivity index is 2.51. The molecule has 0 aliphatic heterocycles. The van der Waals surface area contributed by atoms with Gasteiger partial charge in [-0.15, -0.1) is 0 Å². The average molecular weight is 239 g/mol. The van der Waals surface area contributed by atoms with Crippen LogP contribution in [0.5, 0.6) is 5.75 Å². The maximum Gasteiger partial charge on any atom is 0.122 e. The minimum Gasteiger partial charge on any atom is -0.496 e. The van der Waals surface area contributed by atoms with Gasteiger partial charge in [-0.2, -0.15) is 11.8 Å². The van der Waals surface area contributed by atoms with Gasteiger partial charge in [-0.25, -0.2) is 0 Å². The average Bonchev–Trinajstić information content (AvgIpc) is 2.27. The highest BCUT2D eigenvalue weighted by Gasteiger charge is 2.09. The van der Waals surface area contributed by atoms with Crippen molar-refractivity contribution < 1.29 is 4.74 Å². The summed E-state index contributed by atoms with van der Waals surface area (Å²) in [6, 6.07) is 8.27. The first-order valence-electron chi connectivity index (χ1n) is 5.62. The van der Waals surface area contributed by atoms with Crippen molar-refractivity contribution in [1.82, 2.24) is 0 Å². The molecule has 3 heteroatoms. The largest absolute Gasteiger partial charge is 0.496 e. The summed E-state index contributed by atoms with van der Waals surface area (Å²) in [5.41, 5.74) is 7.30. The molecule has 1 aromatic carbocycles. The van der Waals surface area contributed by atoms with Crippen molar-refractivity contribution in [3.8, 4) is 5.75 Å². The number of ether oxygens (including phenoxy) is 1. The first-order chi connectivity index (χ1) is 7.63. The molecule has 0 bridgehead atoms. The fourth-order valence-corrected chi connectivity index (χ4v) is 2.28. The van der Waals surface area contributed by atoms with Crippen molar-refractivity contribution >= 4 is 11.8 Å². The second-order valence-corrected chi connectivity index (χ2v) is 5.77. The number of methoxy groups -OCH3 is 1. The normalized spacial score (nSPS) is 12.8. The van der Waals surface area contributed by atoms with E-state index in [1.807, 2.05) is 30.0 Å². The number of hydrogen-bond donors (Lipinski definition) is 1. The number of nitrogens with two attached hydrogens (primary N) is 1. The molecule has 90 valence electrons. The Kier molecular flexibility index (Phi) is 5.71. The number of para-hydroxylation sites is 1. The molecule has 2 N–H and O–H groups in total. The van der Waals surface area contributed by atoms with Crippen molar-refractivity contribution in [2.24, 2.45) is 5.73 Å². The van der Waals surface area contributed by atoms with Crippen molar-refractivity contribution in [1.29, 1.82) is 0 Å². The number of rotatable bonds is 6. The molecule has 0 fully saturated rings. The third-order valence-corrected chi connectivity index (χ3v) is 3.61. The molecule has 1 atom stereocenters. The number of thioether (sulfide) groups is 1. The third-order valence-electron chi connectivity index (χ3n) is 2.32. The van der Waals surface area contributed by atoms with Crippen LogP contribution in [0.4, 0.5) is 0 Å². The Morgan fingerprint density at radius 2 is 2.00 bits per heavy atom. The van der Waals surface area contributed by atoms with Crippen molar-refractivity contribution in [3.05, 3.63) is 29.8 Å². The molecule has 0 aromatic heterocycles. The van der Waals surface area contributed by atoms with Crippen molar-refractivity contribution in [2.75, 3.05) is 12.9 Å². The first kappa shape index (κ1) is 13.4. The zero-order valence-electron chi connectivity index (χ0n) is 10.3. The summed E-state index contributed by atoms with van der Waals surface area (Å²) < 4.78 is 5.31. The summed E-state index contributed by atoms with van der Waals surface area (Å²) in [5.74, 6) is 1.93. The van der Waals surface area contributed by atoms with Gasteiger partial charge in [0.1, 0.15) is 5.75 Å². The Labute approximate surface area is 103 Å². The Morgan fingerprint density at radius 3 is 2.62 bits per heavy atom. The van der Waals surface area contributed by atoms with E-state index in [9.17, 15) is 0 Å². The second-order valence-electron chi connectivity index (χ2n) is 4.16. The van der Waals surface area contributed by atoms with Crippen LogP contribution in [0.3, 0.4) is 0 Å². The van der Waals surface area contributed by atoms with Crippen LogP contribution in [-0.2, 0) is 6.42 Å². The molecule has 0 aliphatic carbocycles.